The van der Waals surface area contributed by atoms with Crippen molar-refractivity contribution in [2.45, 2.75) is 19.4 Å². The molecule has 0 spiro atoms. The largest absolute Gasteiger partial charge is 0.423 e. The van der Waals surface area contributed by atoms with E-state index in [-0.39, 0.29) is 11.7 Å². The molecule has 21 heavy (non-hydrogen) atoms. The van der Waals surface area contributed by atoms with Gasteiger partial charge in [-0.3, -0.25) is 10.1 Å². The van der Waals surface area contributed by atoms with Crippen LogP contribution in [0.25, 0.3) is 11.1 Å². The van der Waals surface area contributed by atoms with Gasteiger partial charge in [-0.25, -0.2) is 4.98 Å². The SMILES string of the molecule is CCC(Nc1nc2ccc([N+](=O)[O-])cc2o1)c1ncc[nH]1. The van der Waals surface area contributed by atoms with Gasteiger partial charge in [-0.1, -0.05) is 6.92 Å². The van der Waals surface area contributed by atoms with Crippen LogP contribution in [0.2, 0.25) is 0 Å². The van der Waals surface area contributed by atoms with E-state index >= 15 is 0 Å². The highest BCUT2D eigenvalue weighted by Gasteiger charge is 2.16. The van der Waals surface area contributed by atoms with Gasteiger partial charge in [0.1, 0.15) is 11.3 Å². The minimum absolute atomic E-state index is 0.0247. The molecule has 1 aromatic carbocycles. The number of aromatic nitrogens is 3. The highest BCUT2D eigenvalue weighted by molar-refractivity contribution is 5.77. The molecule has 2 aromatic heterocycles. The van der Waals surface area contributed by atoms with E-state index in [1.807, 2.05) is 6.92 Å². The molecular weight excluding hydrogens is 274 g/mol. The molecule has 0 saturated carbocycles. The van der Waals surface area contributed by atoms with Gasteiger partial charge >= 0.3 is 0 Å². The number of nitrogens with one attached hydrogen (secondary N) is 2. The van der Waals surface area contributed by atoms with Crippen LogP contribution in [-0.4, -0.2) is 19.9 Å². The zero-order chi connectivity index (χ0) is 14.8. The van der Waals surface area contributed by atoms with Gasteiger partial charge < -0.3 is 14.7 Å². The minimum atomic E-state index is -0.466. The predicted molar refractivity (Wildman–Crippen MR) is 75.9 cm³/mol. The molecule has 1 atom stereocenters. The molecule has 0 amide bonds. The van der Waals surface area contributed by atoms with Crippen LogP contribution in [0.4, 0.5) is 11.7 Å². The topological polar surface area (TPSA) is 110 Å². The van der Waals surface area contributed by atoms with Crippen LogP contribution in [0.1, 0.15) is 25.2 Å². The molecule has 0 radical (unpaired) electrons. The van der Waals surface area contributed by atoms with Crippen molar-refractivity contribution >= 4 is 22.8 Å². The Labute approximate surface area is 119 Å². The molecule has 2 N–H and O–H groups in total. The number of imidazole rings is 1. The van der Waals surface area contributed by atoms with E-state index < -0.39 is 4.92 Å². The number of nitrogens with zero attached hydrogens (tertiary/aromatic N) is 3. The summed E-state index contributed by atoms with van der Waals surface area (Å²) in [5, 5.41) is 13.9. The summed E-state index contributed by atoms with van der Waals surface area (Å²) in [5.74, 6) is 0.783. The third kappa shape index (κ3) is 2.55. The van der Waals surface area contributed by atoms with Gasteiger partial charge in [-0.2, -0.15) is 4.98 Å². The summed E-state index contributed by atoms with van der Waals surface area (Å²) in [5.41, 5.74) is 0.918. The van der Waals surface area contributed by atoms with Gasteiger partial charge in [0.2, 0.25) is 0 Å². The Hall–Kier alpha value is -2.90. The molecule has 3 aromatic rings. The van der Waals surface area contributed by atoms with Gasteiger partial charge in [0.05, 0.1) is 17.0 Å². The minimum Gasteiger partial charge on any atom is -0.423 e. The number of aromatic amines is 1. The molecule has 3 rings (SSSR count). The van der Waals surface area contributed by atoms with E-state index in [9.17, 15) is 10.1 Å². The van der Waals surface area contributed by atoms with Crippen molar-refractivity contribution in [2.75, 3.05) is 5.32 Å². The van der Waals surface area contributed by atoms with Crippen LogP contribution in [-0.2, 0) is 0 Å². The second-order valence-electron chi connectivity index (χ2n) is 4.51. The number of H-pyrrole nitrogens is 1. The number of nitro groups is 1. The molecule has 0 fully saturated rings. The van der Waals surface area contributed by atoms with Gasteiger partial charge in [0.15, 0.2) is 5.58 Å². The number of rotatable bonds is 5. The van der Waals surface area contributed by atoms with E-state index in [0.717, 1.165) is 12.2 Å². The first-order valence-corrected chi connectivity index (χ1v) is 6.48. The molecule has 8 nitrogen and oxygen atoms in total. The van der Waals surface area contributed by atoms with Gasteiger partial charge in [-0.15, -0.1) is 0 Å². The third-order valence-corrected chi connectivity index (χ3v) is 3.14. The second kappa shape index (κ2) is 5.23. The van der Waals surface area contributed by atoms with Crippen LogP contribution < -0.4 is 5.32 Å². The first-order valence-electron chi connectivity index (χ1n) is 6.48. The van der Waals surface area contributed by atoms with E-state index in [1.54, 1.807) is 18.5 Å². The number of non-ortho nitro benzene ring substituents is 1. The average molecular weight is 287 g/mol. The standard InChI is InChI=1S/C13H13N5O3/c1-2-9(12-14-5-6-15-12)16-13-17-10-4-3-8(18(19)20)7-11(10)21-13/h3-7,9H,2H2,1H3,(H,14,15)(H,16,17). The highest BCUT2D eigenvalue weighted by atomic mass is 16.6. The van der Waals surface area contributed by atoms with Crippen LogP contribution in [0.5, 0.6) is 0 Å². The van der Waals surface area contributed by atoms with Crippen molar-refractivity contribution in [1.82, 2.24) is 15.0 Å². The predicted octanol–water partition coefficient (Wildman–Crippen LogP) is 3.02. The summed E-state index contributed by atoms with van der Waals surface area (Å²) in [6.07, 6.45) is 4.20. The summed E-state index contributed by atoms with van der Waals surface area (Å²) < 4.78 is 5.52. The van der Waals surface area contributed by atoms with E-state index in [4.69, 9.17) is 4.42 Å². The molecule has 0 saturated heterocycles. The number of fused-ring (bicyclic) bond motifs is 1. The van der Waals surface area contributed by atoms with Gasteiger partial charge in [-0.05, 0) is 12.5 Å². The highest BCUT2D eigenvalue weighted by Crippen LogP contribution is 2.26. The number of hydrogen-bond donors (Lipinski definition) is 2. The number of nitro benzene ring substituents is 1. The quantitative estimate of drug-likeness (QED) is 0.551. The van der Waals surface area contributed by atoms with Crippen LogP contribution in [0.15, 0.2) is 35.0 Å². The number of benzene rings is 1. The maximum absolute atomic E-state index is 10.7. The Balaban J connectivity index is 1.88. The van der Waals surface area contributed by atoms with Crippen molar-refractivity contribution in [1.29, 1.82) is 0 Å². The van der Waals surface area contributed by atoms with Crippen LogP contribution in [0.3, 0.4) is 0 Å². The Morgan fingerprint density at radius 3 is 3.05 bits per heavy atom. The zero-order valence-corrected chi connectivity index (χ0v) is 11.2. The summed E-state index contributed by atoms with van der Waals surface area (Å²) in [6, 6.07) is 4.58. The fourth-order valence-corrected chi connectivity index (χ4v) is 2.07. The Morgan fingerprint density at radius 2 is 2.38 bits per heavy atom. The number of oxazole rings is 1. The average Bonchev–Trinajstić information content (AvgIpc) is 3.12. The lowest BCUT2D eigenvalue weighted by molar-refractivity contribution is -0.384. The Bertz CT molecular complexity index is 765. The summed E-state index contributed by atoms with van der Waals surface area (Å²) in [4.78, 5) is 21.8. The lowest BCUT2D eigenvalue weighted by Gasteiger charge is -2.12. The molecule has 0 aliphatic heterocycles. The zero-order valence-electron chi connectivity index (χ0n) is 11.2. The van der Waals surface area contributed by atoms with Gasteiger partial charge in [0, 0.05) is 18.5 Å². The molecule has 8 heteroatoms. The number of anilines is 1. The first-order chi connectivity index (χ1) is 10.2. The first kappa shape index (κ1) is 13.1. The van der Waals surface area contributed by atoms with E-state index in [0.29, 0.717) is 17.1 Å². The molecule has 108 valence electrons. The van der Waals surface area contributed by atoms with Crippen molar-refractivity contribution in [3.63, 3.8) is 0 Å². The molecule has 0 aliphatic rings. The van der Waals surface area contributed by atoms with Crippen molar-refractivity contribution in [3.8, 4) is 0 Å². The van der Waals surface area contributed by atoms with Crippen molar-refractivity contribution < 1.29 is 9.34 Å². The fraction of sp³-hybridized carbons (Fsp3) is 0.231. The monoisotopic (exact) mass is 287 g/mol. The summed E-state index contributed by atoms with van der Waals surface area (Å²) in [6.45, 7) is 2.01. The fourth-order valence-electron chi connectivity index (χ4n) is 2.07. The number of hydrogen-bond acceptors (Lipinski definition) is 6. The lowest BCUT2D eigenvalue weighted by atomic mass is 10.2. The van der Waals surface area contributed by atoms with Crippen molar-refractivity contribution in [2.24, 2.45) is 0 Å². The van der Waals surface area contributed by atoms with Crippen LogP contribution >= 0.6 is 0 Å². The van der Waals surface area contributed by atoms with E-state index in [2.05, 4.69) is 20.3 Å². The second-order valence-corrected chi connectivity index (χ2v) is 4.51. The molecule has 0 bridgehead atoms. The molecular formula is C13H13N5O3. The lowest BCUT2D eigenvalue weighted by Crippen LogP contribution is -2.11. The normalized spacial score (nSPS) is 12.4. The van der Waals surface area contributed by atoms with Gasteiger partial charge in [0.25, 0.3) is 11.7 Å². The molecule has 0 aliphatic carbocycles. The Morgan fingerprint density at radius 1 is 1.52 bits per heavy atom. The maximum Gasteiger partial charge on any atom is 0.296 e. The van der Waals surface area contributed by atoms with Crippen LogP contribution in [0, 0.1) is 10.1 Å². The summed E-state index contributed by atoms with van der Waals surface area (Å²) in [7, 11) is 0. The smallest absolute Gasteiger partial charge is 0.296 e. The molecule has 1 unspecified atom stereocenters. The maximum atomic E-state index is 10.7. The summed E-state index contributed by atoms with van der Waals surface area (Å²) >= 11 is 0. The third-order valence-electron chi connectivity index (χ3n) is 3.14. The Kier molecular flexibility index (Phi) is 3.27. The molecule has 2 heterocycles. The van der Waals surface area contributed by atoms with Crippen molar-refractivity contribution in [3.05, 3.63) is 46.5 Å². The van der Waals surface area contributed by atoms with E-state index in [1.165, 1.54) is 12.1 Å².